The molecule has 1 aliphatic rings. The maximum Gasteiger partial charge on any atom is 0.208 e. The molecule has 1 aromatic rings. The van der Waals surface area contributed by atoms with Gasteiger partial charge in [-0.1, -0.05) is 35.9 Å². The van der Waals surface area contributed by atoms with E-state index in [1.54, 1.807) is 23.1 Å². The first-order chi connectivity index (χ1) is 8.20. The van der Waals surface area contributed by atoms with Crippen molar-refractivity contribution in [1.82, 2.24) is 10.2 Å². The molecule has 0 radical (unpaired) electrons. The fraction of sp³-hybridized carbons (Fsp3) is 0.727. The fourth-order valence-electron chi connectivity index (χ4n) is 1.95. The van der Waals surface area contributed by atoms with E-state index in [0.717, 1.165) is 22.3 Å². The molecule has 0 aliphatic heterocycles. The number of nitrogens with zero attached hydrogens (tertiary/aromatic N) is 4. The summed E-state index contributed by atoms with van der Waals surface area (Å²) in [5.74, 6) is 0.181. The lowest BCUT2D eigenvalue weighted by Crippen LogP contribution is -2.20. The van der Waals surface area contributed by atoms with Gasteiger partial charge in [-0.25, -0.2) is 0 Å². The van der Waals surface area contributed by atoms with Gasteiger partial charge < -0.3 is 4.90 Å². The van der Waals surface area contributed by atoms with Gasteiger partial charge in [0.25, 0.3) is 0 Å². The summed E-state index contributed by atoms with van der Waals surface area (Å²) in [4.78, 5) is 1.96. The number of aromatic nitrogens is 2. The van der Waals surface area contributed by atoms with Crippen molar-refractivity contribution in [2.24, 2.45) is 5.92 Å². The van der Waals surface area contributed by atoms with Gasteiger partial charge in [-0.15, -0.1) is 10.2 Å². The molecular formula is C11H16N4S2. The Balaban J connectivity index is 2.01. The Morgan fingerprint density at radius 1 is 1.35 bits per heavy atom. The standard InChI is InChI=1S/C11H16N4S2/c1-15(2)10-13-14-11(17-10)16-9-6-4-3-5-8(9)7-12/h8-9H,3-6H2,1-2H3. The zero-order valence-corrected chi connectivity index (χ0v) is 11.7. The van der Waals surface area contributed by atoms with E-state index in [0.29, 0.717) is 5.25 Å². The molecule has 92 valence electrons. The highest BCUT2D eigenvalue weighted by molar-refractivity contribution is 8.01. The third-order valence-electron chi connectivity index (χ3n) is 2.90. The fourth-order valence-corrected chi connectivity index (χ4v) is 4.23. The summed E-state index contributed by atoms with van der Waals surface area (Å²) in [6.07, 6.45) is 4.58. The van der Waals surface area contributed by atoms with Gasteiger partial charge in [0.1, 0.15) is 0 Å². The molecule has 1 aromatic heterocycles. The van der Waals surface area contributed by atoms with Crippen molar-refractivity contribution in [3.63, 3.8) is 0 Å². The molecule has 0 saturated heterocycles. The zero-order chi connectivity index (χ0) is 12.3. The lowest BCUT2D eigenvalue weighted by Gasteiger charge is -2.24. The first-order valence-electron chi connectivity index (χ1n) is 5.78. The Morgan fingerprint density at radius 2 is 2.12 bits per heavy atom. The second-order valence-electron chi connectivity index (χ2n) is 4.42. The summed E-state index contributed by atoms with van der Waals surface area (Å²) < 4.78 is 0.987. The van der Waals surface area contributed by atoms with Crippen LogP contribution in [0.1, 0.15) is 25.7 Å². The average molecular weight is 268 g/mol. The minimum atomic E-state index is 0.181. The van der Waals surface area contributed by atoms with Crippen LogP contribution >= 0.6 is 23.1 Å². The second kappa shape index (κ2) is 5.69. The topological polar surface area (TPSA) is 52.8 Å². The summed E-state index contributed by atoms with van der Waals surface area (Å²) in [6, 6.07) is 2.43. The first-order valence-corrected chi connectivity index (χ1v) is 7.47. The summed E-state index contributed by atoms with van der Waals surface area (Å²) in [5, 5.41) is 18.8. The molecule has 1 saturated carbocycles. The SMILES string of the molecule is CN(C)c1nnc(SC2CCCCC2C#N)s1. The van der Waals surface area contributed by atoms with E-state index in [1.165, 1.54) is 12.8 Å². The minimum absolute atomic E-state index is 0.181. The smallest absolute Gasteiger partial charge is 0.208 e. The maximum atomic E-state index is 9.13. The van der Waals surface area contributed by atoms with Crippen molar-refractivity contribution < 1.29 is 0 Å². The van der Waals surface area contributed by atoms with E-state index in [4.69, 9.17) is 5.26 Å². The quantitative estimate of drug-likeness (QED) is 0.843. The van der Waals surface area contributed by atoms with Gasteiger partial charge >= 0.3 is 0 Å². The number of hydrogen-bond donors (Lipinski definition) is 0. The largest absolute Gasteiger partial charge is 0.353 e. The third-order valence-corrected chi connectivity index (χ3v) is 5.47. The van der Waals surface area contributed by atoms with Crippen molar-refractivity contribution in [3.8, 4) is 6.07 Å². The van der Waals surface area contributed by atoms with E-state index < -0.39 is 0 Å². The highest BCUT2D eigenvalue weighted by atomic mass is 32.2. The minimum Gasteiger partial charge on any atom is -0.353 e. The number of anilines is 1. The Morgan fingerprint density at radius 3 is 2.76 bits per heavy atom. The molecule has 2 unspecified atom stereocenters. The van der Waals surface area contributed by atoms with Gasteiger partial charge in [0, 0.05) is 19.3 Å². The molecular weight excluding hydrogens is 252 g/mol. The molecule has 2 atom stereocenters. The van der Waals surface area contributed by atoms with Gasteiger partial charge in [0.05, 0.1) is 12.0 Å². The molecule has 1 aliphatic carbocycles. The molecule has 0 bridgehead atoms. The molecule has 0 spiro atoms. The molecule has 0 aromatic carbocycles. The van der Waals surface area contributed by atoms with E-state index in [-0.39, 0.29) is 5.92 Å². The number of rotatable bonds is 3. The van der Waals surface area contributed by atoms with Crippen LogP contribution in [0.5, 0.6) is 0 Å². The molecule has 17 heavy (non-hydrogen) atoms. The van der Waals surface area contributed by atoms with Crippen LogP contribution in [0.3, 0.4) is 0 Å². The molecule has 2 rings (SSSR count). The average Bonchev–Trinajstić information content (AvgIpc) is 2.78. The van der Waals surface area contributed by atoms with Gasteiger partial charge in [-0.3, -0.25) is 0 Å². The lowest BCUT2D eigenvalue weighted by atomic mass is 9.90. The second-order valence-corrected chi connectivity index (χ2v) is 6.86. The molecule has 0 amide bonds. The highest BCUT2D eigenvalue weighted by Crippen LogP contribution is 2.39. The Labute approximate surface area is 110 Å². The Hall–Kier alpha value is -0.800. The normalized spacial score (nSPS) is 24.3. The van der Waals surface area contributed by atoms with E-state index in [2.05, 4.69) is 16.3 Å². The van der Waals surface area contributed by atoms with Crippen LogP contribution in [0.15, 0.2) is 4.34 Å². The van der Waals surface area contributed by atoms with Gasteiger partial charge in [0.15, 0.2) is 4.34 Å². The third kappa shape index (κ3) is 3.11. The van der Waals surface area contributed by atoms with Crippen LogP contribution in [0.4, 0.5) is 5.13 Å². The molecule has 1 heterocycles. The van der Waals surface area contributed by atoms with Crippen LogP contribution in [-0.4, -0.2) is 29.5 Å². The summed E-state index contributed by atoms with van der Waals surface area (Å²) in [7, 11) is 3.93. The van der Waals surface area contributed by atoms with Gasteiger partial charge in [0.2, 0.25) is 5.13 Å². The van der Waals surface area contributed by atoms with Crippen molar-refractivity contribution in [3.05, 3.63) is 0 Å². The van der Waals surface area contributed by atoms with Crippen LogP contribution in [0.2, 0.25) is 0 Å². The highest BCUT2D eigenvalue weighted by Gasteiger charge is 2.27. The monoisotopic (exact) mass is 268 g/mol. The molecule has 0 N–H and O–H groups in total. The summed E-state index contributed by atoms with van der Waals surface area (Å²) >= 11 is 3.34. The molecule has 6 heteroatoms. The van der Waals surface area contributed by atoms with Crippen LogP contribution in [0, 0.1) is 17.2 Å². The maximum absolute atomic E-state index is 9.13. The van der Waals surface area contributed by atoms with Crippen molar-refractivity contribution >= 4 is 28.2 Å². The Kier molecular flexibility index (Phi) is 4.24. The summed E-state index contributed by atoms with van der Waals surface area (Å²) in [6.45, 7) is 0. The zero-order valence-electron chi connectivity index (χ0n) is 10.1. The number of thioether (sulfide) groups is 1. The van der Waals surface area contributed by atoms with Crippen LogP contribution in [0.25, 0.3) is 0 Å². The van der Waals surface area contributed by atoms with Crippen molar-refractivity contribution in [1.29, 1.82) is 5.26 Å². The van der Waals surface area contributed by atoms with Gasteiger partial charge in [-0.05, 0) is 12.8 Å². The van der Waals surface area contributed by atoms with Crippen molar-refractivity contribution in [2.45, 2.75) is 35.3 Å². The molecule has 4 nitrogen and oxygen atoms in total. The Bertz CT molecular complexity index is 410. The van der Waals surface area contributed by atoms with Crippen LogP contribution in [-0.2, 0) is 0 Å². The lowest BCUT2D eigenvalue weighted by molar-refractivity contribution is 0.439. The van der Waals surface area contributed by atoms with E-state index in [9.17, 15) is 0 Å². The number of hydrogen-bond acceptors (Lipinski definition) is 6. The van der Waals surface area contributed by atoms with E-state index >= 15 is 0 Å². The molecule has 1 fully saturated rings. The van der Waals surface area contributed by atoms with E-state index in [1.807, 2.05) is 19.0 Å². The van der Waals surface area contributed by atoms with Crippen molar-refractivity contribution in [2.75, 3.05) is 19.0 Å². The van der Waals surface area contributed by atoms with Gasteiger partial charge in [-0.2, -0.15) is 5.26 Å². The number of nitriles is 1. The first kappa shape index (κ1) is 12.7. The summed E-state index contributed by atoms with van der Waals surface area (Å²) in [5.41, 5.74) is 0. The predicted molar refractivity (Wildman–Crippen MR) is 71.5 cm³/mol. The van der Waals surface area contributed by atoms with Crippen LogP contribution < -0.4 is 4.90 Å². The predicted octanol–water partition coefficient (Wildman–Crippen LogP) is 2.78.